The molecule has 146 valence electrons. The summed E-state index contributed by atoms with van der Waals surface area (Å²) >= 11 is 0. The number of cyclic esters (lactones) is 1. The van der Waals surface area contributed by atoms with Crippen molar-refractivity contribution in [2.75, 3.05) is 24.7 Å². The zero-order valence-corrected chi connectivity index (χ0v) is 15.3. The summed E-state index contributed by atoms with van der Waals surface area (Å²) in [4.78, 5) is 26.0. The molecular formula is C21H21FN2O4. The van der Waals surface area contributed by atoms with Crippen molar-refractivity contribution >= 4 is 17.7 Å². The molecule has 2 amide bonds. The average Bonchev–Trinajstić information content (AvgIpc) is 3.39. The number of anilines is 1. The molecule has 28 heavy (non-hydrogen) atoms. The van der Waals surface area contributed by atoms with E-state index < -0.39 is 0 Å². The third-order valence-corrected chi connectivity index (χ3v) is 5.05. The van der Waals surface area contributed by atoms with Gasteiger partial charge in [-0.15, -0.1) is 0 Å². The molecule has 2 heterocycles. The maximum absolute atomic E-state index is 13.3. The molecule has 2 atom stereocenters. The topological polar surface area (TPSA) is 67.9 Å². The highest BCUT2D eigenvalue weighted by Gasteiger charge is 2.29. The van der Waals surface area contributed by atoms with E-state index in [-0.39, 0.29) is 30.0 Å². The van der Waals surface area contributed by atoms with Gasteiger partial charge in [-0.1, -0.05) is 12.1 Å². The Bertz CT molecular complexity index is 848. The Labute approximate surface area is 162 Å². The summed E-state index contributed by atoms with van der Waals surface area (Å²) in [6.45, 7) is 1.51. The Morgan fingerprint density at radius 3 is 2.46 bits per heavy atom. The first-order valence-electron chi connectivity index (χ1n) is 9.34. The molecule has 0 radical (unpaired) electrons. The van der Waals surface area contributed by atoms with Crippen molar-refractivity contribution in [3.05, 3.63) is 65.5 Å². The van der Waals surface area contributed by atoms with Gasteiger partial charge in [0.05, 0.1) is 18.7 Å². The van der Waals surface area contributed by atoms with E-state index in [2.05, 4.69) is 5.32 Å². The summed E-state index contributed by atoms with van der Waals surface area (Å²) in [7, 11) is 0. The van der Waals surface area contributed by atoms with Gasteiger partial charge in [0, 0.05) is 17.9 Å². The van der Waals surface area contributed by atoms with Gasteiger partial charge in [0.1, 0.15) is 12.4 Å². The lowest BCUT2D eigenvalue weighted by molar-refractivity contribution is 0.0672. The third-order valence-electron chi connectivity index (χ3n) is 5.05. The first kappa shape index (κ1) is 18.4. The number of hydrogen-bond acceptors (Lipinski definition) is 4. The number of halogens is 1. The molecule has 0 aliphatic carbocycles. The number of amides is 2. The highest BCUT2D eigenvalue weighted by molar-refractivity contribution is 5.96. The van der Waals surface area contributed by atoms with Crippen LogP contribution >= 0.6 is 0 Å². The molecule has 2 fully saturated rings. The zero-order chi connectivity index (χ0) is 19.5. The number of ether oxygens (including phenoxy) is 2. The number of hydrogen-bond donors (Lipinski definition) is 1. The summed E-state index contributed by atoms with van der Waals surface area (Å²) in [5.74, 6) is -0.572. The van der Waals surface area contributed by atoms with Crippen LogP contribution in [-0.4, -0.2) is 37.9 Å². The van der Waals surface area contributed by atoms with E-state index in [1.54, 1.807) is 36.4 Å². The van der Waals surface area contributed by atoms with E-state index in [1.165, 1.54) is 17.0 Å². The maximum Gasteiger partial charge on any atom is 0.414 e. The van der Waals surface area contributed by atoms with E-state index in [0.29, 0.717) is 31.0 Å². The number of carbonyl (C=O) groups is 2. The number of rotatable bonds is 5. The fourth-order valence-electron chi connectivity index (χ4n) is 3.57. The molecule has 6 nitrogen and oxygen atoms in total. The molecule has 2 unspecified atom stereocenters. The van der Waals surface area contributed by atoms with Crippen LogP contribution in [0.15, 0.2) is 48.5 Å². The molecule has 2 aromatic rings. The van der Waals surface area contributed by atoms with Crippen LogP contribution in [0.2, 0.25) is 0 Å². The van der Waals surface area contributed by atoms with Gasteiger partial charge in [-0.2, -0.15) is 0 Å². The number of nitrogens with zero attached hydrogens (tertiary/aromatic N) is 1. The lowest BCUT2D eigenvalue weighted by Crippen LogP contribution is -2.36. The van der Waals surface area contributed by atoms with E-state index >= 15 is 0 Å². The number of benzene rings is 2. The normalized spacial score (nSPS) is 20.1. The first-order valence-corrected chi connectivity index (χ1v) is 9.34. The Hall–Kier alpha value is -2.93. The van der Waals surface area contributed by atoms with Crippen LogP contribution in [0, 0.1) is 5.82 Å². The second-order valence-electron chi connectivity index (χ2n) is 6.87. The Kier molecular flexibility index (Phi) is 5.25. The minimum absolute atomic E-state index is 0.145. The lowest BCUT2D eigenvalue weighted by atomic mass is 9.98. The third kappa shape index (κ3) is 3.84. The van der Waals surface area contributed by atoms with Crippen LogP contribution in [0.4, 0.5) is 14.9 Å². The summed E-state index contributed by atoms with van der Waals surface area (Å²) in [5.41, 5.74) is 1.97. The van der Waals surface area contributed by atoms with Crippen molar-refractivity contribution in [2.24, 2.45) is 0 Å². The molecule has 0 aromatic heterocycles. The highest BCUT2D eigenvalue weighted by atomic mass is 19.1. The molecule has 1 N–H and O–H groups in total. The summed E-state index contributed by atoms with van der Waals surface area (Å²) in [6.07, 6.45) is 1.23. The molecule has 2 aromatic carbocycles. The van der Waals surface area contributed by atoms with Gasteiger partial charge in [-0.25, -0.2) is 9.18 Å². The minimum Gasteiger partial charge on any atom is -0.447 e. The van der Waals surface area contributed by atoms with Crippen molar-refractivity contribution in [1.29, 1.82) is 0 Å². The molecule has 2 saturated heterocycles. The van der Waals surface area contributed by atoms with Crippen molar-refractivity contribution < 1.29 is 23.5 Å². The number of carbonyl (C=O) groups excluding carboxylic acids is 2. The fraction of sp³-hybridized carbons (Fsp3) is 0.333. The van der Waals surface area contributed by atoms with Crippen LogP contribution in [-0.2, 0) is 9.47 Å². The Morgan fingerprint density at radius 1 is 1.11 bits per heavy atom. The van der Waals surface area contributed by atoms with Crippen LogP contribution < -0.4 is 10.2 Å². The van der Waals surface area contributed by atoms with Crippen LogP contribution in [0.5, 0.6) is 0 Å². The van der Waals surface area contributed by atoms with E-state index in [4.69, 9.17) is 9.47 Å². The van der Waals surface area contributed by atoms with Crippen molar-refractivity contribution in [2.45, 2.75) is 25.0 Å². The van der Waals surface area contributed by atoms with Gasteiger partial charge in [0.25, 0.3) is 5.91 Å². The maximum atomic E-state index is 13.3. The predicted molar refractivity (Wildman–Crippen MR) is 101 cm³/mol. The quantitative estimate of drug-likeness (QED) is 0.858. The number of nitrogens with one attached hydrogen (secondary N) is 1. The lowest BCUT2D eigenvalue weighted by Gasteiger charge is -2.25. The van der Waals surface area contributed by atoms with Gasteiger partial charge in [0.15, 0.2) is 0 Å². The van der Waals surface area contributed by atoms with E-state index in [0.717, 1.165) is 18.4 Å². The molecule has 4 rings (SSSR count). The average molecular weight is 384 g/mol. The second kappa shape index (κ2) is 7.98. The molecule has 7 heteroatoms. The second-order valence-corrected chi connectivity index (χ2v) is 6.87. The Morgan fingerprint density at radius 2 is 1.86 bits per heavy atom. The minimum atomic E-state index is -0.382. The molecule has 2 aliphatic heterocycles. The smallest absolute Gasteiger partial charge is 0.414 e. The van der Waals surface area contributed by atoms with Gasteiger partial charge in [-0.05, 0) is 54.8 Å². The van der Waals surface area contributed by atoms with Crippen molar-refractivity contribution in [1.82, 2.24) is 5.32 Å². The van der Waals surface area contributed by atoms with Gasteiger partial charge >= 0.3 is 6.09 Å². The van der Waals surface area contributed by atoms with E-state index in [9.17, 15) is 14.0 Å². The summed E-state index contributed by atoms with van der Waals surface area (Å²) in [6, 6.07) is 12.5. The highest BCUT2D eigenvalue weighted by Crippen LogP contribution is 2.28. The van der Waals surface area contributed by atoms with Crippen LogP contribution in [0.25, 0.3) is 0 Å². The first-order chi connectivity index (χ1) is 13.6. The zero-order valence-electron chi connectivity index (χ0n) is 15.3. The largest absolute Gasteiger partial charge is 0.447 e. The fourth-order valence-corrected chi connectivity index (χ4v) is 3.57. The molecule has 2 aliphatic rings. The van der Waals surface area contributed by atoms with Gasteiger partial charge in [0.2, 0.25) is 0 Å². The monoisotopic (exact) mass is 384 g/mol. The predicted octanol–water partition coefficient (Wildman–Crippen LogP) is 3.43. The standard InChI is InChI=1S/C21H21FN2O4/c22-16-7-3-14(4-8-16)19(18-2-1-12-27-18)23-20(25)15-5-9-17(10-6-15)24-11-13-28-21(24)26/h3-10,18-19H,1-2,11-13H2,(H,23,25). The molecular weight excluding hydrogens is 363 g/mol. The summed E-state index contributed by atoms with van der Waals surface area (Å²) < 4.78 is 24.0. The SMILES string of the molecule is O=C(NC(c1ccc(F)cc1)C1CCCO1)c1ccc(N2CCOC2=O)cc1. The summed E-state index contributed by atoms with van der Waals surface area (Å²) in [5, 5.41) is 3.02. The molecule has 0 bridgehead atoms. The Balaban J connectivity index is 1.50. The van der Waals surface area contributed by atoms with Crippen molar-refractivity contribution in [3.8, 4) is 0 Å². The molecule has 0 saturated carbocycles. The molecule has 0 spiro atoms. The van der Waals surface area contributed by atoms with Gasteiger partial charge in [-0.3, -0.25) is 9.69 Å². The van der Waals surface area contributed by atoms with Crippen LogP contribution in [0.1, 0.15) is 34.8 Å². The van der Waals surface area contributed by atoms with Crippen LogP contribution in [0.3, 0.4) is 0 Å². The van der Waals surface area contributed by atoms with Gasteiger partial charge < -0.3 is 14.8 Å². The van der Waals surface area contributed by atoms with Crippen molar-refractivity contribution in [3.63, 3.8) is 0 Å². The van der Waals surface area contributed by atoms with E-state index in [1.807, 2.05) is 0 Å².